The third kappa shape index (κ3) is 3.27. The van der Waals surface area contributed by atoms with Gasteiger partial charge in [0.25, 0.3) is 0 Å². The van der Waals surface area contributed by atoms with Crippen LogP contribution in [0.1, 0.15) is 5.56 Å². The number of rotatable bonds is 3. The van der Waals surface area contributed by atoms with Crippen LogP contribution in [0.5, 0.6) is 0 Å². The average Bonchev–Trinajstić information content (AvgIpc) is 2.34. The molecule has 19 heavy (non-hydrogen) atoms. The summed E-state index contributed by atoms with van der Waals surface area (Å²) in [5, 5.41) is 3.82. The van der Waals surface area contributed by atoms with Gasteiger partial charge in [-0.1, -0.05) is 14.0 Å². The molecule has 1 aromatic carbocycles. The van der Waals surface area contributed by atoms with Crippen molar-refractivity contribution >= 4 is 24.6 Å². The van der Waals surface area contributed by atoms with Crippen molar-refractivity contribution in [2.45, 2.75) is 6.92 Å². The zero-order valence-corrected chi connectivity index (χ0v) is 11.9. The van der Waals surface area contributed by atoms with E-state index in [0.717, 1.165) is 10.9 Å². The fraction of sp³-hybridized carbons (Fsp3) is 0.214. The maximum absolute atomic E-state index is 13.8. The van der Waals surface area contributed by atoms with Gasteiger partial charge in [-0.2, -0.15) is 4.39 Å². The number of benzene rings is 1. The number of nitrogens with zero attached hydrogens (tertiary/aromatic N) is 1. The number of nitrogens with one attached hydrogen (secondary N) is 1. The zero-order valence-electron chi connectivity index (χ0n) is 11.0. The highest BCUT2D eigenvalue weighted by Crippen LogP contribution is 2.30. The third-order valence-electron chi connectivity index (χ3n) is 2.72. The van der Waals surface area contributed by atoms with E-state index >= 15 is 0 Å². The molecule has 0 fully saturated rings. The highest BCUT2D eigenvalue weighted by molar-refractivity contribution is 7.64. The Kier molecular flexibility index (Phi) is 4.11. The van der Waals surface area contributed by atoms with Gasteiger partial charge >= 0.3 is 0 Å². The number of hydrogen-bond acceptors (Lipinski definition) is 2. The lowest BCUT2D eigenvalue weighted by Gasteiger charge is -2.15. The second-order valence-corrected chi connectivity index (χ2v) is 6.80. The van der Waals surface area contributed by atoms with Crippen molar-refractivity contribution in [2.75, 3.05) is 18.6 Å². The molecule has 0 amide bonds. The van der Waals surface area contributed by atoms with Gasteiger partial charge < -0.3 is 5.32 Å². The number of halogens is 2. The topological polar surface area (TPSA) is 24.9 Å². The lowest BCUT2D eigenvalue weighted by Crippen LogP contribution is -2.10. The number of pyridine rings is 1. The molecule has 0 atom stereocenters. The summed E-state index contributed by atoms with van der Waals surface area (Å²) in [6, 6.07) is 6.36. The first-order chi connectivity index (χ1) is 8.97. The lowest BCUT2D eigenvalue weighted by molar-refractivity contribution is 0.585. The van der Waals surface area contributed by atoms with Gasteiger partial charge in [0.2, 0.25) is 5.95 Å². The van der Waals surface area contributed by atoms with Crippen LogP contribution in [-0.4, -0.2) is 18.3 Å². The molecule has 0 spiro atoms. The lowest BCUT2D eigenvalue weighted by atomic mass is 10.2. The van der Waals surface area contributed by atoms with Crippen LogP contribution in [0.2, 0.25) is 0 Å². The SMILES string of the molecule is Cc1ccc(Nc2cnc(F)cc2P(C)C)c(F)c1. The molecular weight excluding hydrogens is 265 g/mol. The predicted molar refractivity (Wildman–Crippen MR) is 77.0 cm³/mol. The van der Waals surface area contributed by atoms with Crippen LogP contribution in [0.25, 0.3) is 0 Å². The van der Waals surface area contributed by atoms with Gasteiger partial charge in [0, 0.05) is 11.4 Å². The van der Waals surface area contributed by atoms with Crippen molar-refractivity contribution in [1.29, 1.82) is 0 Å². The summed E-state index contributed by atoms with van der Waals surface area (Å²) in [4.78, 5) is 3.62. The smallest absolute Gasteiger partial charge is 0.213 e. The van der Waals surface area contributed by atoms with Gasteiger partial charge in [0.1, 0.15) is 5.82 Å². The Morgan fingerprint density at radius 3 is 2.47 bits per heavy atom. The monoisotopic (exact) mass is 280 g/mol. The summed E-state index contributed by atoms with van der Waals surface area (Å²) in [5.41, 5.74) is 1.88. The predicted octanol–water partition coefficient (Wildman–Crippen LogP) is 3.78. The van der Waals surface area contributed by atoms with E-state index in [-0.39, 0.29) is 5.82 Å². The van der Waals surface area contributed by atoms with Crippen molar-refractivity contribution in [1.82, 2.24) is 4.98 Å². The second kappa shape index (κ2) is 5.62. The molecule has 1 aromatic heterocycles. The molecule has 0 saturated carbocycles. The largest absolute Gasteiger partial charge is 0.351 e. The Morgan fingerprint density at radius 1 is 1.11 bits per heavy atom. The first-order valence-corrected chi connectivity index (χ1v) is 8.07. The number of hydrogen-bond donors (Lipinski definition) is 1. The van der Waals surface area contributed by atoms with Crippen molar-refractivity contribution in [3.05, 3.63) is 47.8 Å². The molecule has 5 heteroatoms. The van der Waals surface area contributed by atoms with Crippen molar-refractivity contribution in [3.63, 3.8) is 0 Å². The molecule has 0 radical (unpaired) electrons. The van der Waals surface area contributed by atoms with E-state index in [4.69, 9.17) is 0 Å². The van der Waals surface area contributed by atoms with Crippen LogP contribution in [0.3, 0.4) is 0 Å². The van der Waals surface area contributed by atoms with Crippen molar-refractivity contribution in [3.8, 4) is 0 Å². The summed E-state index contributed by atoms with van der Waals surface area (Å²) in [5.74, 6) is -0.840. The van der Waals surface area contributed by atoms with Gasteiger partial charge in [-0.15, -0.1) is 0 Å². The van der Waals surface area contributed by atoms with E-state index in [1.807, 2.05) is 26.3 Å². The average molecular weight is 280 g/mol. The molecule has 0 bridgehead atoms. The van der Waals surface area contributed by atoms with Gasteiger partial charge in [0.05, 0.1) is 17.6 Å². The van der Waals surface area contributed by atoms with Crippen LogP contribution in [0.4, 0.5) is 20.2 Å². The Hall–Kier alpha value is -1.54. The highest BCUT2D eigenvalue weighted by atomic mass is 31.1. The van der Waals surface area contributed by atoms with Crippen LogP contribution < -0.4 is 10.6 Å². The summed E-state index contributed by atoms with van der Waals surface area (Å²) in [6.07, 6.45) is 1.41. The second-order valence-electron chi connectivity index (χ2n) is 4.53. The standard InChI is InChI=1S/C14H15F2N2P/c1-9-4-5-11(10(15)6-9)18-12-8-17-14(16)7-13(12)19(2)3/h4-8,18H,1-3H3. The molecule has 0 aliphatic heterocycles. The minimum atomic E-state index is -0.513. The summed E-state index contributed by atoms with van der Waals surface area (Å²) in [7, 11) is -0.510. The molecule has 2 aromatic rings. The number of aromatic nitrogens is 1. The summed E-state index contributed by atoms with van der Waals surface area (Å²) >= 11 is 0. The minimum Gasteiger partial charge on any atom is -0.351 e. The number of anilines is 2. The van der Waals surface area contributed by atoms with E-state index in [0.29, 0.717) is 11.4 Å². The minimum absolute atomic E-state index is 0.327. The number of aryl methyl sites for hydroxylation is 1. The quantitative estimate of drug-likeness (QED) is 0.683. The van der Waals surface area contributed by atoms with Crippen molar-refractivity contribution in [2.24, 2.45) is 0 Å². The zero-order chi connectivity index (χ0) is 14.0. The molecule has 100 valence electrons. The van der Waals surface area contributed by atoms with Gasteiger partial charge in [0.15, 0.2) is 0 Å². The molecule has 2 rings (SSSR count). The third-order valence-corrected chi connectivity index (χ3v) is 4.06. The van der Waals surface area contributed by atoms with Crippen molar-refractivity contribution < 1.29 is 8.78 Å². The van der Waals surface area contributed by atoms with E-state index in [2.05, 4.69) is 10.3 Å². The van der Waals surface area contributed by atoms with Gasteiger partial charge in [-0.25, -0.2) is 9.37 Å². The molecule has 0 aliphatic rings. The van der Waals surface area contributed by atoms with Gasteiger partial charge in [-0.3, -0.25) is 0 Å². The van der Waals surface area contributed by atoms with Crippen LogP contribution in [0.15, 0.2) is 30.5 Å². The maximum Gasteiger partial charge on any atom is 0.213 e. The normalized spacial score (nSPS) is 10.8. The molecule has 1 heterocycles. The van der Waals surface area contributed by atoms with E-state index in [1.165, 1.54) is 18.3 Å². The maximum atomic E-state index is 13.8. The fourth-order valence-corrected chi connectivity index (χ4v) is 2.71. The van der Waals surface area contributed by atoms with Crippen LogP contribution >= 0.6 is 7.92 Å². The Balaban J connectivity index is 2.38. The molecule has 0 saturated heterocycles. The van der Waals surface area contributed by atoms with Crippen LogP contribution in [-0.2, 0) is 0 Å². The molecule has 0 unspecified atom stereocenters. The Labute approximate surface area is 112 Å². The van der Waals surface area contributed by atoms with Crippen LogP contribution in [0, 0.1) is 18.7 Å². The highest BCUT2D eigenvalue weighted by Gasteiger charge is 2.11. The van der Waals surface area contributed by atoms with E-state index in [9.17, 15) is 8.78 Å². The molecule has 1 N–H and O–H groups in total. The van der Waals surface area contributed by atoms with E-state index in [1.54, 1.807) is 6.07 Å². The summed E-state index contributed by atoms with van der Waals surface area (Å²) < 4.78 is 27.0. The first kappa shape index (κ1) is 13.9. The Bertz CT molecular complexity index is 600. The molecule has 0 aliphatic carbocycles. The Morgan fingerprint density at radius 2 is 1.84 bits per heavy atom. The molecular formula is C14H15F2N2P. The van der Waals surface area contributed by atoms with E-state index < -0.39 is 13.9 Å². The first-order valence-electron chi connectivity index (χ1n) is 5.83. The fourth-order valence-electron chi connectivity index (χ4n) is 1.75. The summed E-state index contributed by atoms with van der Waals surface area (Å²) in [6.45, 7) is 5.86. The molecule has 2 nitrogen and oxygen atoms in total. The van der Waals surface area contributed by atoms with Gasteiger partial charge in [-0.05, 0) is 37.9 Å².